The largest absolute Gasteiger partial charge is 0.492 e. The number of hydrogen-bond acceptors (Lipinski definition) is 5. The van der Waals surface area contributed by atoms with Crippen LogP contribution >= 0.6 is 0 Å². The molecule has 0 aliphatic rings. The van der Waals surface area contributed by atoms with Gasteiger partial charge in [-0.25, -0.2) is 0 Å². The van der Waals surface area contributed by atoms with E-state index in [2.05, 4.69) is 11.9 Å². The van der Waals surface area contributed by atoms with Gasteiger partial charge in [0.2, 0.25) is 5.91 Å². The molecule has 2 rings (SSSR count). The van der Waals surface area contributed by atoms with Crippen LogP contribution in [0.4, 0.5) is 0 Å². The number of aliphatic hydroxyl groups excluding tert-OH is 1. The zero-order chi connectivity index (χ0) is 19.5. The van der Waals surface area contributed by atoms with Gasteiger partial charge in [-0.15, -0.1) is 6.58 Å². The molecule has 6 nitrogen and oxygen atoms in total. The Morgan fingerprint density at radius 2 is 1.93 bits per heavy atom. The van der Waals surface area contributed by atoms with Gasteiger partial charge >= 0.3 is 0 Å². The second-order valence-corrected chi connectivity index (χ2v) is 6.01. The number of nitrogens with one attached hydrogen (secondary N) is 1. The van der Waals surface area contributed by atoms with Gasteiger partial charge in [0.15, 0.2) is 0 Å². The summed E-state index contributed by atoms with van der Waals surface area (Å²) in [5.74, 6) is 0.954. The Morgan fingerprint density at radius 1 is 1.19 bits per heavy atom. The average Bonchev–Trinajstić information content (AvgIpc) is 2.67. The minimum Gasteiger partial charge on any atom is -0.492 e. The quantitative estimate of drug-likeness (QED) is 0.392. The lowest BCUT2D eigenvalue weighted by Gasteiger charge is -2.15. The standard InChI is InChI=1S/C21H26N2O4/c1-2-5-16-6-3-4-7-20(16)27-15-18(24)14-23-12-13-26-19-10-8-17(9-11-19)21(22)25/h2-4,6-11,18,23-24H,1,5,12-15H2,(H2,22,25). The third-order valence-electron chi connectivity index (χ3n) is 3.83. The molecule has 0 bridgehead atoms. The second kappa shape index (κ2) is 11.0. The molecule has 0 aliphatic heterocycles. The number of para-hydroxylation sites is 1. The fraction of sp³-hybridized carbons (Fsp3) is 0.286. The Balaban J connectivity index is 1.63. The van der Waals surface area contributed by atoms with E-state index >= 15 is 0 Å². The van der Waals surface area contributed by atoms with Gasteiger partial charge in [0, 0.05) is 18.7 Å². The van der Waals surface area contributed by atoms with Crippen molar-refractivity contribution in [1.82, 2.24) is 5.32 Å². The molecular formula is C21H26N2O4. The number of aliphatic hydroxyl groups is 1. The van der Waals surface area contributed by atoms with Crippen molar-refractivity contribution >= 4 is 5.91 Å². The van der Waals surface area contributed by atoms with Gasteiger partial charge in [0.05, 0.1) is 0 Å². The number of ether oxygens (including phenoxy) is 2. The van der Waals surface area contributed by atoms with E-state index in [1.54, 1.807) is 24.3 Å². The summed E-state index contributed by atoms with van der Waals surface area (Å²) in [4.78, 5) is 11.0. The lowest BCUT2D eigenvalue weighted by Crippen LogP contribution is -2.33. The summed E-state index contributed by atoms with van der Waals surface area (Å²) in [6.45, 7) is 5.35. The van der Waals surface area contributed by atoms with Crippen molar-refractivity contribution in [3.05, 3.63) is 72.3 Å². The van der Waals surface area contributed by atoms with Crippen molar-refractivity contribution in [2.45, 2.75) is 12.5 Å². The van der Waals surface area contributed by atoms with Gasteiger partial charge in [-0.3, -0.25) is 4.79 Å². The number of allylic oxidation sites excluding steroid dienone is 1. The molecular weight excluding hydrogens is 344 g/mol. The Morgan fingerprint density at radius 3 is 2.63 bits per heavy atom. The molecule has 27 heavy (non-hydrogen) atoms. The second-order valence-electron chi connectivity index (χ2n) is 6.01. The molecule has 0 aromatic heterocycles. The molecule has 0 heterocycles. The maximum atomic E-state index is 11.0. The molecule has 1 atom stereocenters. The van der Waals surface area contributed by atoms with Crippen molar-refractivity contribution in [2.24, 2.45) is 5.73 Å². The van der Waals surface area contributed by atoms with Gasteiger partial charge in [0.1, 0.15) is 30.8 Å². The normalized spacial score (nSPS) is 11.6. The molecule has 0 saturated carbocycles. The predicted molar refractivity (Wildman–Crippen MR) is 105 cm³/mol. The van der Waals surface area contributed by atoms with Crippen molar-refractivity contribution in [2.75, 3.05) is 26.3 Å². The van der Waals surface area contributed by atoms with E-state index in [1.807, 2.05) is 30.3 Å². The third-order valence-corrected chi connectivity index (χ3v) is 3.83. The summed E-state index contributed by atoms with van der Waals surface area (Å²) in [5, 5.41) is 13.2. The molecule has 2 aromatic rings. The van der Waals surface area contributed by atoms with Crippen LogP contribution in [-0.4, -0.2) is 43.4 Å². The number of hydrogen-bond donors (Lipinski definition) is 3. The van der Waals surface area contributed by atoms with Gasteiger partial charge in [-0.1, -0.05) is 24.3 Å². The first kappa shape index (κ1) is 20.5. The van der Waals surface area contributed by atoms with Crippen LogP contribution in [0, 0.1) is 0 Å². The number of carbonyl (C=O) groups is 1. The average molecular weight is 370 g/mol. The van der Waals surface area contributed by atoms with Crippen LogP contribution in [0.1, 0.15) is 15.9 Å². The summed E-state index contributed by atoms with van der Waals surface area (Å²) in [5.41, 5.74) is 6.68. The first-order valence-electron chi connectivity index (χ1n) is 8.83. The highest BCUT2D eigenvalue weighted by molar-refractivity contribution is 5.92. The first-order chi connectivity index (χ1) is 13.1. The van der Waals surface area contributed by atoms with Crippen molar-refractivity contribution in [3.8, 4) is 11.5 Å². The van der Waals surface area contributed by atoms with E-state index in [9.17, 15) is 9.90 Å². The number of amides is 1. The predicted octanol–water partition coefficient (Wildman–Crippen LogP) is 1.92. The van der Waals surface area contributed by atoms with E-state index in [4.69, 9.17) is 15.2 Å². The zero-order valence-electron chi connectivity index (χ0n) is 15.3. The third kappa shape index (κ3) is 7.13. The van der Waals surface area contributed by atoms with Crippen LogP contribution in [0.15, 0.2) is 61.2 Å². The Kier molecular flexibility index (Phi) is 8.35. The SMILES string of the molecule is C=CCc1ccccc1OCC(O)CNCCOc1ccc(C(N)=O)cc1. The fourth-order valence-corrected chi connectivity index (χ4v) is 2.44. The molecule has 0 radical (unpaired) electrons. The molecule has 0 fully saturated rings. The van der Waals surface area contributed by atoms with E-state index in [0.29, 0.717) is 31.0 Å². The molecule has 4 N–H and O–H groups in total. The Hall–Kier alpha value is -2.83. The molecule has 1 unspecified atom stereocenters. The number of benzene rings is 2. The van der Waals surface area contributed by atoms with Crippen molar-refractivity contribution < 1.29 is 19.4 Å². The maximum absolute atomic E-state index is 11.0. The molecule has 144 valence electrons. The molecule has 0 spiro atoms. The Labute approximate surface area is 159 Å². The summed E-state index contributed by atoms with van der Waals surface area (Å²) in [7, 11) is 0. The summed E-state index contributed by atoms with van der Waals surface area (Å²) in [6.07, 6.45) is 1.92. The topological polar surface area (TPSA) is 93.8 Å². The summed E-state index contributed by atoms with van der Waals surface area (Å²) >= 11 is 0. The van der Waals surface area contributed by atoms with Crippen LogP contribution in [-0.2, 0) is 6.42 Å². The highest BCUT2D eigenvalue weighted by Crippen LogP contribution is 2.18. The lowest BCUT2D eigenvalue weighted by molar-refractivity contribution is 0.1000. The van der Waals surface area contributed by atoms with Gasteiger partial charge in [-0.05, 0) is 42.3 Å². The van der Waals surface area contributed by atoms with Crippen LogP contribution in [0.2, 0.25) is 0 Å². The molecule has 0 aliphatic carbocycles. The fourth-order valence-electron chi connectivity index (χ4n) is 2.44. The smallest absolute Gasteiger partial charge is 0.248 e. The minimum atomic E-state index is -0.628. The number of nitrogens with two attached hydrogens (primary N) is 1. The highest BCUT2D eigenvalue weighted by atomic mass is 16.5. The summed E-state index contributed by atoms with van der Waals surface area (Å²) < 4.78 is 11.3. The molecule has 6 heteroatoms. The Bertz CT molecular complexity index is 731. The number of rotatable bonds is 12. The minimum absolute atomic E-state index is 0.205. The monoisotopic (exact) mass is 370 g/mol. The van der Waals surface area contributed by atoms with Crippen molar-refractivity contribution in [3.63, 3.8) is 0 Å². The van der Waals surface area contributed by atoms with Gasteiger partial charge in [0.25, 0.3) is 0 Å². The van der Waals surface area contributed by atoms with Crippen LogP contribution in [0.5, 0.6) is 11.5 Å². The summed E-state index contributed by atoms with van der Waals surface area (Å²) in [6, 6.07) is 14.4. The van der Waals surface area contributed by atoms with E-state index in [1.165, 1.54) is 0 Å². The molecule has 1 amide bonds. The van der Waals surface area contributed by atoms with Crippen molar-refractivity contribution in [1.29, 1.82) is 0 Å². The first-order valence-corrected chi connectivity index (χ1v) is 8.83. The molecule has 2 aromatic carbocycles. The maximum Gasteiger partial charge on any atom is 0.248 e. The number of primary amides is 1. The van der Waals surface area contributed by atoms with E-state index in [0.717, 1.165) is 17.7 Å². The van der Waals surface area contributed by atoms with Gasteiger partial charge in [-0.2, -0.15) is 0 Å². The highest BCUT2D eigenvalue weighted by Gasteiger charge is 2.07. The van der Waals surface area contributed by atoms with Crippen LogP contribution in [0.25, 0.3) is 0 Å². The van der Waals surface area contributed by atoms with Gasteiger partial charge < -0.3 is 25.6 Å². The van der Waals surface area contributed by atoms with E-state index in [-0.39, 0.29) is 6.61 Å². The van der Waals surface area contributed by atoms with Crippen LogP contribution in [0.3, 0.4) is 0 Å². The lowest BCUT2D eigenvalue weighted by atomic mass is 10.1. The van der Waals surface area contributed by atoms with Crippen LogP contribution < -0.4 is 20.5 Å². The van der Waals surface area contributed by atoms with E-state index < -0.39 is 12.0 Å². The zero-order valence-corrected chi connectivity index (χ0v) is 15.3. The number of carbonyl (C=O) groups excluding carboxylic acids is 1. The molecule has 0 saturated heterocycles.